The molecule has 8 nitrogen and oxygen atoms in total. The standard InChI is InChI=1S/C32H39N7O/c1-2-22-7-3-8-23-9-4-10-24(27(22)23)18-37-21-34-28-29(37)35-31(39-19-25-11-12-26(39)17-33-25)36-30(28)40-20-32-13-5-15-38(32)16-6-14-32/h3-4,7-10,21,25-26,33H,2,5-6,11-20H2,1H3. The number of hydrogen-bond acceptors (Lipinski definition) is 7. The molecule has 5 aliphatic rings. The summed E-state index contributed by atoms with van der Waals surface area (Å²) >= 11 is 0. The van der Waals surface area contributed by atoms with Gasteiger partial charge in [-0.3, -0.25) is 4.90 Å². The van der Waals surface area contributed by atoms with Gasteiger partial charge in [0.25, 0.3) is 0 Å². The van der Waals surface area contributed by atoms with Gasteiger partial charge in [0.15, 0.2) is 11.2 Å². The minimum atomic E-state index is 0.160. The maximum absolute atomic E-state index is 6.68. The molecule has 5 fully saturated rings. The third kappa shape index (κ3) is 3.98. The lowest BCUT2D eigenvalue weighted by Crippen LogP contribution is -2.61. The van der Waals surface area contributed by atoms with Crippen LogP contribution in [0.2, 0.25) is 0 Å². The lowest BCUT2D eigenvalue weighted by atomic mass is 9.93. The molecule has 0 radical (unpaired) electrons. The number of hydrogen-bond donors (Lipinski definition) is 1. The number of benzene rings is 2. The van der Waals surface area contributed by atoms with Crippen LogP contribution in [0.25, 0.3) is 21.9 Å². The van der Waals surface area contributed by atoms with Crippen molar-refractivity contribution < 1.29 is 4.74 Å². The fourth-order valence-corrected chi connectivity index (χ4v) is 7.98. The number of anilines is 1. The zero-order valence-corrected chi connectivity index (χ0v) is 23.5. The van der Waals surface area contributed by atoms with E-state index in [0.717, 1.165) is 36.6 Å². The molecule has 0 amide bonds. The third-order valence-electron chi connectivity index (χ3n) is 10.1. The molecule has 5 saturated heterocycles. The second-order valence-corrected chi connectivity index (χ2v) is 12.4. The maximum Gasteiger partial charge on any atom is 0.247 e. The topological polar surface area (TPSA) is 71.3 Å². The van der Waals surface area contributed by atoms with Crippen LogP contribution in [0.15, 0.2) is 42.7 Å². The van der Waals surface area contributed by atoms with E-state index in [0.29, 0.717) is 31.1 Å². The van der Waals surface area contributed by atoms with Crippen LogP contribution in [0.5, 0.6) is 5.88 Å². The molecule has 0 spiro atoms. The fraction of sp³-hybridized carbons (Fsp3) is 0.531. The minimum Gasteiger partial charge on any atom is -0.474 e. The molecule has 9 rings (SSSR count). The van der Waals surface area contributed by atoms with Crippen LogP contribution in [0.3, 0.4) is 0 Å². The van der Waals surface area contributed by atoms with Crippen LogP contribution in [0, 0.1) is 0 Å². The number of ether oxygens (including phenoxy) is 1. The van der Waals surface area contributed by atoms with Gasteiger partial charge >= 0.3 is 0 Å². The molecule has 4 aromatic rings. The number of piperazine rings is 1. The molecule has 5 aliphatic heterocycles. The van der Waals surface area contributed by atoms with E-state index < -0.39 is 0 Å². The highest BCUT2D eigenvalue weighted by Crippen LogP contribution is 2.40. The van der Waals surface area contributed by atoms with Crippen LogP contribution in [-0.2, 0) is 13.0 Å². The zero-order chi connectivity index (χ0) is 26.7. The number of imidazole rings is 1. The summed E-state index contributed by atoms with van der Waals surface area (Å²) in [7, 11) is 0. The van der Waals surface area contributed by atoms with Crippen molar-refractivity contribution in [1.29, 1.82) is 0 Å². The Bertz CT molecular complexity index is 1540. The van der Waals surface area contributed by atoms with Gasteiger partial charge in [-0.2, -0.15) is 9.97 Å². The number of aryl methyl sites for hydroxylation is 1. The van der Waals surface area contributed by atoms with E-state index in [4.69, 9.17) is 19.7 Å². The summed E-state index contributed by atoms with van der Waals surface area (Å²) in [6, 6.07) is 14.2. The monoisotopic (exact) mass is 537 g/mol. The van der Waals surface area contributed by atoms with Gasteiger partial charge in [-0.15, -0.1) is 0 Å². The Morgan fingerprint density at radius 2 is 1.85 bits per heavy atom. The number of rotatable bonds is 7. The van der Waals surface area contributed by atoms with E-state index in [2.05, 4.69) is 63.0 Å². The highest BCUT2D eigenvalue weighted by molar-refractivity contribution is 5.89. The number of nitrogens with one attached hydrogen (secondary N) is 1. The maximum atomic E-state index is 6.68. The Morgan fingerprint density at radius 3 is 2.58 bits per heavy atom. The van der Waals surface area contributed by atoms with E-state index in [9.17, 15) is 0 Å². The summed E-state index contributed by atoms with van der Waals surface area (Å²) in [6.45, 7) is 7.96. The van der Waals surface area contributed by atoms with Gasteiger partial charge in [0.05, 0.1) is 18.4 Å². The lowest BCUT2D eigenvalue weighted by molar-refractivity contribution is 0.111. The molecule has 2 atom stereocenters. The van der Waals surface area contributed by atoms with Gasteiger partial charge in [0.1, 0.15) is 6.61 Å². The van der Waals surface area contributed by atoms with Crippen molar-refractivity contribution in [3.05, 3.63) is 53.9 Å². The Labute approximate surface area is 235 Å². The van der Waals surface area contributed by atoms with E-state index in [-0.39, 0.29) is 5.54 Å². The predicted molar refractivity (Wildman–Crippen MR) is 158 cm³/mol. The van der Waals surface area contributed by atoms with Crippen LogP contribution >= 0.6 is 0 Å². The predicted octanol–water partition coefficient (Wildman–Crippen LogP) is 4.54. The SMILES string of the molecule is CCc1cccc2cccc(Cn3cnc4c(OCC56CCCN5CCC6)nc(N5CC6CCC5CN6)nc43)c12. The summed E-state index contributed by atoms with van der Waals surface area (Å²) in [6.07, 6.45) is 10.3. The van der Waals surface area contributed by atoms with E-state index in [1.165, 1.54) is 73.5 Å². The Balaban J connectivity index is 1.20. The first-order valence-electron chi connectivity index (χ1n) is 15.3. The van der Waals surface area contributed by atoms with Gasteiger partial charge in [0, 0.05) is 25.2 Å². The van der Waals surface area contributed by atoms with Gasteiger partial charge in [-0.1, -0.05) is 43.3 Å². The summed E-state index contributed by atoms with van der Waals surface area (Å²) in [5.74, 6) is 1.44. The first-order chi connectivity index (χ1) is 19.7. The van der Waals surface area contributed by atoms with Crippen LogP contribution < -0.4 is 15.0 Å². The van der Waals surface area contributed by atoms with E-state index >= 15 is 0 Å². The molecule has 0 saturated carbocycles. The van der Waals surface area contributed by atoms with Gasteiger partial charge in [-0.05, 0) is 79.9 Å². The zero-order valence-electron chi connectivity index (χ0n) is 23.5. The van der Waals surface area contributed by atoms with Crippen molar-refractivity contribution >= 4 is 27.9 Å². The Morgan fingerprint density at radius 1 is 1.02 bits per heavy atom. The number of piperidine rings is 2. The second-order valence-electron chi connectivity index (χ2n) is 12.4. The molecule has 2 aromatic heterocycles. The van der Waals surface area contributed by atoms with Crippen molar-refractivity contribution in [2.45, 2.75) is 76.0 Å². The Kier molecular flexibility index (Phi) is 5.96. The minimum absolute atomic E-state index is 0.160. The molecule has 208 valence electrons. The molecule has 2 aromatic carbocycles. The normalized spacial score (nSPS) is 23.9. The largest absolute Gasteiger partial charge is 0.474 e. The van der Waals surface area contributed by atoms with Gasteiger partial charge in [0.2, 0.25) is 11.8 Å². The summed E-state index contributed by atoms with van der Waals surface area (Å²) in [5, 5.41) is 6.31. The second kappa shape index (κ2) is 9.70. The van der Waals surface area contributed by atoms with Crippen molar-refractivity contribution in [3.63, 3.8) is 0 Å². The van der Waals surface area contributed by atoms with Crippen molar-refractivity contribution in [1.82, 2.24) is 29.7 Å². The molecular formula is C32H39N7O. The van der Waals surface area contributed by atoms with Crippen molar-refractivity contribution in [3.8, 4) is 5.88 Å². The van der Waals surface area contributed by atoms with Gasteiger partial charge < -0.3 is 19.5 Å². The lowest BCUT2D eigenvalue weighted by Gasteiger charge is -2.45. The fourth-order valence-electron chi connectivity index (χ4n) is 7.98. The first-order valence-corrected chi connectivity index (χ1v) is 15.3. The number of fused-ring (bicyclic) bond motifs is 6. The highest BCUT2D eigenvalue weighted by atomic mass is 16.5. The van der Waals surface area contributed by atoms with Crippen molar-refractivity contribution in [2.75, 3.05) is 37.7 Å². The molecule has 2 unspecified atom stereocenters. The summed E-state index contributed by atoms with van der Waals surface area (Å²) < 4.78 is 8.88. The van der Waals surface area contributed by atoms with Crippen LogP contribution in [0.1, 0.15) is 56.6 Å². The molecule has 7 heterocycles. The Hall–Kier alpha value is -3.23. The van der Waals surface area contributed by atoms with E-state index in [1.807, 2.05) is 6.33 Å². The average Bonchev–Trinajstić information content (AvgIpc) is 3.71. The average molecular weight is 538 g/mol. The molecule has 40 heavy (non-hydrogen) atoms. The molecule has 0 aliphatic carbocycles. The van der Waals surface area contributed by atoms with E-state index in [1.54, 1.807) is 0 Å². The highest BCUT2D eigenvalue weighted by Gasteiger charge is 2.45. The van der Waals surface area contributed by atoms with Gasteiger partial charge in [-0.25, -0.2) is 4.98 Å². The third-order valence-corrected chi connectivity index (χ3v) is 10.1. The molecular weight excluding hydrogens is 498 g/mol. The van der Waals surface area contributed by atoms with Crippen LogP contribution in [-0.4, -0.2) is 74.8 Å². The number of nitrogens with zero attached hydrogens (tertiary/aromatic N) is 6. The summed E-state index contributed by atoms with van der Waals surface area (Å²) in [4.78, 5) is 20.2. The summed E-state index contributed by atoms with van der Waals surface area (Å²) in [5.41, 5.74) is 4.48. The van der Waals surface area contributed by atoms with Crippen LogP contribution in [0.4, 0.5) is 5.95 Å². The molecule has 8 heteroatoms. The first kappa shape index (κ1) is 24.6. The van der Waals surface area contributed by atoms with Crippen molar-refractivity contribution in [2.24, 2.45) is 0 Å². The molecule has 1 N–H and O–H groups in total. The number of aromatic nitrogens is 4. The smallest absolute Gasteiger partial charge is 0.247 e. The molecule has 2 bridgehead atoms. The quantitative estimate of drug-likeness (QED) is 0.371.